The van der Waals surface area contributed by atoms with Crippen LogP contribution in [0.25, 0.3) is 6.08 Å². The number of hydrogen-bond acceptors (Lipinski definition) is 4. The van der Waals surface area contributed by atoms with Gasteiger partial charge in [0.15, 0.2) is 5.79 Å². The fourth-order valence-electron chi connectivity index (χ4n) is 5.09. The summed E-state index contributed by atoms with van der Waals surface area (Å²) >= 11 is 0. The molecule has 0 amide bonds. The van der Waals surface area contributed by atoms with Gasteiger partial charge in [0, 0.05) is 11.3 Å². The number of rotatable bonds is 9. The number of halogens is 6. The first-order valence-electron chi connectivity index (χ1n) is 13.6. The molecule has 0 radical (unpaired) electrons. The minimum Gasteiger partial charge on any atom is -0.493 e. The van der Waals surface area contributed by atoms with Gasteiger partial charge < -0.3 is 19.3 Å². The number of hydrogen-bond donors (Lipinski definition) is 1. The lowest BCUT2D eigenvalue weighted by Gasteiger charge is -2.35. The van der Waals surface area contributed by atoms with Gasteiger partial charge in [0.25, 0.3) is 5.60 Å². The molecule has 1 saturated heterocycles. The lowest BCUT2D eigenvalue weighted by atomic mass is 9.70. The largest absolute Gasteiger partial charge is 0.493 e. The quantitative estimate of drug-likeness (QED) is 0.301. The summed E-state index contributed by atoms with van der Waals surface area (Å²) in [4.78, 5) is 0. The van der Waals surface area contributed by atoms with Gasteiger partial charge in [-0.1, -0.05) is 50.3 Å². The highest BCUT2D eigenvalue weighted by molar-refractivity contribution is 5.57. The van der Waals surface area contributed by atoms with Gasteiger partial charge in [-0.2, -0.15) is 26.3 Å². The highest BCUT2D eigenvalue weighted by Crippen LogP contribution is 2.45. The fourth-order valence-corrected chi connectivity index (χ4v) is 5.09. The lowest BCUT2D eigenvalue weighted by molar-refractivity contribution is -0.347. The maximum atomic E-state index is 13.1. The zero-order valence-corrected chi connectivity index (χ0v) is 24.2. The molecule has 2 aromatic carbocycles. The van der Waals surface area contributed by atoms with Crippen molar-refractivity contribution in [3.05, 3.63) is 70.3 Å². The maximum absolute atomic E-state index is 13.1. The van der Waals surface area contributed by atoms with Gasteiger partial charge in [0.1, 0.15) is 5.75 Å². The van der Waals surface area contributed by atoms with Gasteiger partial charge in [-0.05, 0) is 80.5 Å². The average Bonchev–Trinajstić information content (AvgIpc) is 2.88. The molecule has 4 nitrogen and oxygen atoms in total. The second-order valence-corrected chi connectivity index (χ2v) is 11.1. The number of ether oxygens (including phenoxy) is 3. The van der Waals surface area contributed by atoms with Crippen molar-refractivity contribution < 1.29 is 45.7 Å². The Morgan fingerprint density at radius 3 is 1.85 bits per heavy atom. The van der Waals surface area contributed by atoms with E-state index >= 15 is 0 Å². The van der Waals surface area contributed by atoms with Crippen molar-refractivity contribution in [2.45, 2.75) is 83.5 Å². The minimum atomic E-state index is -5.92. The van der Waals surface area contributed by atoms with Crippen molar-refractivity contribution in [2.75, 3.05) is 19.8 Å². The highest BCUT2D eigenvalue weighted by atomic mass is 19.4. The highest BCUT2D eigenvalue weighted by Gasteiger charge is 2.69. The van der Waals surface area contributed by atoms with E-state index in [0.717, 1.165) is 22.4 Å². The van der Waals surface area contributed by atoms with E-state index < -0.39 is 29.2 Å². The molecule has 1 aliphatic heterocycles. The standard InChI is InChI=1S/C31H38F6O4/c1-7-28(8-2,25-11-12-26(21(4)16-25)39-17-22-18-40-27(5,6)41-19-22)24-10-9-23(20(3)15-24)13-14-29(38,30(32,33)34)31(35,36)37/h9-16,22,38H,7-8,17-19H2,1-6H3/b14-13+. The zero-order valence-electron chi connectivity index (χ0n) is 24.2. The van der Waals surface area contributed by atoms with Crippen LogP contribution in [0.1, 0.15) is 68.4 Å². The van der Waals surface area contributed by atoms with E-state index in [-0.39, 0.29) is 17.6 Å². The van der Waals surface area contributed by atoms with Gasteiger partial charge in [0.05, 0.1) is 19.8 Å². The SMILES string of the molecule is CCC(CC)(c1ccc(/C=C/C(O)(C(F)(F)F)C(F)(F)F)c(C)c1)c1ccc(OCC2COC(C)(C)OC2)c(C)c1. The molecule has 0 atom stereocenters. The second kappa shape index (κ2) is 12.0. The van der Waals surface area contributed by atoms with E-state index in [1.54, 1.807) is 19.1 Å². The summed E-state index contributed by atoms with van der Waals surface area (Å²) in [5, 5.41) is 9.47. The van der Waals surface area contributed by atoms with Crippen LogP contribution in [0.5, 0.6) is 5.75 Å². The molecular formula is C31H38F6O4. The van der Waals surface area contributed by atoms with Gasteiger partial charge in [-0.25, -0.2) is 0 Å². The van der Waals surface area contributed by atoms with Crippen LogP contribution in [0, 0.1) is 19.8 Å². The molecule has 3 rings (SSSR count). The van der Waals surface area contributed by atoms with E-state index in [2.05, 4.69) is 6.07 Å². The molecule has 0 saturated carbocycles. The number of aryl methyl sites for hydroxylation is 2. The first kappa shape index (κ1) is 32.9. The van der Waals surface area contributed by atoms with Crippen molar-refractivity contribution in [1.29, 1.82) is 0 Å². The normalized spacial score (nSPS) is 17.3. The monoisotopic (exact) mass is 588 g/mol. The summed E-state index contributed by atoms with van der Waals surface area (Å²) in [6.45, 7) is 12.9. The summed E-state index contributed by atoms with van der Waals surface area (Å²) in [6, 6.07) is 10.9. The molecule has 0 unspecified atom stereocenters. The molecule has 1 heterocycles. The van der Waals surface area contributed by atoms with Crippen LogP contribution >= 0.6 is 0 Å². The van der Waals surface area contributed by atoms with E-state index in [4.69, 9.17) is 14.2 Å². The van der Waals surface area contributed by atoms with Gasteiger partial charge in [0.2, 0.25) is 0 Å². The smallest absolute Gasteiger partial charge is 0.430 e. The lowest BCUT2D eigenvalue weighted by Crippen LogP contribution is -2.55. The Kier molecular flexibility index (Phi) is 9.62. The molecule has 0 bridgehead atoms. The Hall–Kier alpha value is -2.56. The third-order valence-corrected chi connectivity index (χ3v) is 7.93. The Morgan fingerprint density at radius 1 is 0.878 bits per heavy atom. The van der Waals surface area contributed by atoms with Crippen molar-refractivity contribution in [3.63, 3.8) is 0 Å². The fraction of sp³-hybridized carbons (Fsp3) is 0.548. The topological polar surface area (TPSA) is 47.9 Å². The summed E-state index contributed by atoms with van der Waals surface area (Å²) < 4.78 is 96.0. The van der Waals surface area contributed by atoms with Crippen molar-refractivity contribution in [1.82, 2.24) is 0 Å². The van der Waals surface area contributed by atoms with Crippen molar-refractivity contribution in [2.24, 2.45) is 5.92 Å². The van der Waals surface area contributed by atoms with Gasteiger partial charge in [-0.3, -0.25) is 0 Å². The summed E-state index contributed by atoms with van der Waals surface area (Å²) in [6.07, 6.45) is -10.0. The van der Waals surface area contributed by atoms with Crippen LogP contribution in [-0.2, 0) is 14.9 Å². The molecule has 0 aliphatic carbocycles. The van der Waals surface area contributed by atoms with Crippen LogP contribution in [0.4, 0.5) is 26.3 Å². The van der Waals surface area contributed by atoms with E-state index in [1.807, 2.05) is 46.8 Å². The molecule has 0 aromatic heterocycles. The van der Waals surface area contributed by atoms with Gasteiger partial charge >= 0.3 is 12.4 Å². The molecular weight excluding hydrogens is 550 g/mol. The third kappa shape index (κ3) is 6.92. The predicted octanol–water partition coefficient (Wildman–Crippen LogP) is 8.06. The molecule has 1 aliphatic rings. The first-order valence-corrected chi connectivity index (χ1v) is 13.6. The van der Waals surface area contributed by atoms with Crippen molar-refractivity contribution in [3.8, 4) is 5.75 Å². The molecule has 228 valence electrons. The number of aliphatic hydroxyl groups is 1. The number of alkyl halides is 6. The van der Waals surface area contributed by atoms with Crippen LogP contribution in [0.3, 0.4) is 0 Å². The molecule has 1 N–H and O–H groups in total. The Morgan fingerprint density at radius 2 is 1.39 bits per heavy atom. The number of benzene rings is 2. The first-order chi connectivity index (χ1) is 18.9. The molecule has 41 heavy (non-hydrogen) atoms. The maximum Gasteiger partial charge on any atom is 0.430 e. The Labute approximate surface area is 237 Å². The summed E-state index contributed by atoms with van der Waals surface area (Å²) in [5.74, 6) is 0.240. The average molecular weight is 589 g/mol. The van der Waals surface area contributed by atoms with Crippen LogP contribution in [0.2, 0.25) is 0 Å². The minimum absolute atomic E-state index is 0.103. The molecule has 0 spiro atoms. The Bertz CT molecular complexity index is 1200. The van der Waals surface area contributed by atoms with E-state index in [9.17, 15) is 31.4 Å². The van der Waals surface area contributed by atoms with Crippen molar-refractivity contribution >= 4 is 6.08 Å². The summed E-state index contributed by atoms with van der Waals surface area (Å²) in [5.41, 5.74) is -1.95. The zero-order chi connectivity index (χ0) is 30.9. The van der Waals surface area contributed by atoms with Crippen LogP contribution in [0.15, 0.2) is 42.5 Å². The van der Waals surface area contributed by atoms with Crippen LogP contribution in [-0.4, -0.2) is 48.7 Å². The second-order valence-electron chi connectivity index (χ2n) is 11.1. The van der Waals surface area contributed by atoms with E-state index in [1.165, 1.54) is 6.07 Å². The molecule has 1 fully saturated rings. The Balaban J connectivity index is 1.86. The van der Waals surface area contributed by atoms with E-state index in [0.29, 0.717) is 44.3 Å². The molecule has 2 aromatic rings. The predicted molar refractivity (Wildman–Crippen MR) is 145 cm³/mol. The summed E-state index contributed by atoms with van der Waals surface area (Å²) in [7, 11) is 0. The van der Waals surface area contributed by atoms with Gasteiger partial charge in [-0.15, -0.1) is 0 Å². The van der Waals surface area contributed by atoms with Crippen LogP contribution < -0.4 is 4.74 Å². The third-order valence-electron chi connectivity index (χ3n) is 7.93. The molecule has 10 heteroatoms.